The molecule has 0 saturated heterocycles. The number of hydrogen-bond acceptors (Lipinski definition) is 2. The van der Waals surface area contributed by atoms with Crippen molar-refractivity contribution in [3.8, 4) is 11.4 Å². The minimum atomic E-state index is -0.300. The van der Waals surface area contributed by atoms with Crippen LogP contribution in [0.1, 0.15) is 5.69 Å². The molecule has 0 amide bonds. The molecule has 2 aromatic rings. The third kappa shape index (κ3) is 1.81. The monoisotopic (exact) mass is 240 g/mol. The molecule has 2 rings (SSSR count). The molecule has 0 unspecified atom stereocenters. The molecule has 0 fully saturated rings. The first-order valence-corrected chi connectivity index (χ1v) is 5.09. The van der Waals surface area contributed by atoms with Gasteiger partial charge >= 0.3 is 0 Å². The molecule has 0 spiro atoms. The van der Waals surface area contributed by atoms with Crippen molar-refractivity contribution in [1.82, 2.24) is 9.55 Å². The summed E-state index contributed by atoms with van der Waals surface area (Å²) in [6, 6.07) is 5.96. The fraction of sp³-hybridized carbons (Fsp3) is 0.182. The van der Waals surface area contributed by atoms with Crippen LogP contribution in [0.15, 0.2) is 24.3 Å². The molecular formula is C11H10ClFN2O. The average Bonchev–Trinajstić information content (AvgIpc) is 2.57. The topological polar surface area (TPSA) is 38.0 Å². The van der Waals surface area contributed by atoms with Crippen LogP contribution in [0.3, 0.4) is 0 Å². The second kappa shape index (κ2) is 4.23. The standard InChI is InChI=1S/C11H10ClFN2O/c1-15-10(12)9(6-16)14-11(15)7-2-4-8(13)5-3-7/h2-5,16H,6H2,1H3. The van der Waals surface area contributed by atoms with Crippen LogP contribution in [-0.4, -0.2) is 14.7 Å². The molecule has 1 aromatic carbocycles. The van der Waals surface area contributed by atoms with Crippen LogP contribution in [0.2, 0.25) is 5.15 Å². The number of hydrogen-bond donors (Lipinski definition) is 1. The van der Waals surface area contributed by atoms with Crippen molar-refractivity contribution >= 4 is 11.6 Å². The molecule has 0 atom stereocenters. The number of aliphatic hydroxyl groups excluding tert-OH is 1. The Labute approximate surface area is 97.1 Å². The molecule has 3 nitrogen and oxygen atoms in total. The maximum Gasteiger partial charge on any atom is 0.141 e. The summed E-state index contributed by atoms with van der Waals surface area (Å²) in [5.41, 5.74) is 1.17. The normalized spacial score (nSPS) is 10.8. The minimum Gasteiger partial charge on any atom is -0.390 e. The Hall–Kier alpha value is -1.39. The van der Waals surface area contributed by atoms with Gasteiger partial charge in [-0.25, -0.2) is 9.37 Å². The Bertz CT molecular complexity index is 507. The molecule has 0 aliphatic carbocycles. The van der Waals surface area contributed by atoms with Crippen LogP contribution >= 0.6 is 11.6 Å². The summed E-state index contributed by atoms with van der Waals surface area (Å²) in [6.45, 7) is -0.214. The Kier molecular flexibility index (Phi) is 2.94. The van der Waals surface area contributed by atoms with Crippen molar-refractivity contribution in [2.24, 2.45) is 7.05 Å². The summed E-state index contributed by atoms with van der Waals surface area (Å²) in [7, 11) is 1.74. The zero-order valence-corrected chi connectivity index (χ0v) is 9.37. The molecule has 5 heteroatoms. The van der Waals surface area contributed by atoms with Crippen LogP contribution in [0, 0.1) is 5.82 Å². The third-order valence-corrected chi connectivity index (χ3v) is 2.82. The number of rotatable bonds is 2. The average molecular weight is 241 g/mol. The summed E-state index contributed by atoms with van der Waals surface area (Å²) in [5, 5.41) is 9.42. The van der Waals surface area contributed by atoms with E-state index in [4.69, 9.17) is 16.7 Å². The van der Waals surface area contributed by atoms with Gasteiger partial charge in [-0.05, 0) is 24.3 Å². The number of halogens is 2. The van der Waals surface area contributed by atoms with E-state index in [1.807, 2.05) is 0 Å². The van der Waals surface area contributed by atoms with Crippen LogP contribution in [0.4, 0.5) is 4.39 Å². The lowest BCUT2D eigenvalue weighted by Gasteiger charge is -2.01. The van der Waals surface area contributed by atoms with E-state index in [1.165, 1.54) is 12.1 Å². The minimum absolute atomic E-state index is 0.214. The van der Waals surface area contributed by atoms with Gasteiger partial charge in [0.05, 0.1) is 6.61 Å². The van der Waals surface area contributed by atoms with Gasteiger partial charge in [0.1, 0.15) is 22.5 Å². The Morgan fingerprint density at radius 1 is 1.38 bits per heavy atom. The van der Waals surface area contributed by atoms with Crippen LogP contribution in [0.5, 0.6) is 0 Å². The fourth-order valence-corrected chi connectivity index (χ4v) is 1.68. The van der Waals surface area contributed by atoms with Crippen molar-refractivity contribution in [1.29, 1.82) is 0 Å². The first-order chi connectivity index (χ1) is 7.63. The smallest absolute Gasteiger partial charge is 0.141 e. The van der Waals surface area contributed by atoms with E-state index in [1.54, 1.807) is 23.7 Å². The van der Waals surface area contributed by atoms with Gasteiger partial charge in [0.15, 0.2) is 0 Å². The number of aromatic nitrogens is 2. The summed E-state index contributed by atoms with van der Waals surface area (Å²) < 4.78 is 14.4. The van der Waals surface area contributed by atoms with Gasteiger partial charge < -0.3 is 9.67 Å². The Morgan fingerprint density at radius 3 is 2.50 bits per heavy atom. The highest BCUT2D eigenvalue weighted by Crippen LogP contribution is 2.24. The molecule has 0 saturated carbocycles. The Morgan fingerprint density at radius 2 is 2.00 bits per heavy atom. The van der Waals surface area contributed by atoms with Crippen molar-refractivity contribution in [3.05, 3.63) is 40.9 Å². The van der Waals surface area contributed by atoms with E-state index in [0.29, 0.717) is 16.7 Å². The molecule has 0 radical (unpaired) electrons. The van der Waals surface area contributed by atoms with E-state index in [-0.39, 0.29) is 12.4 Å². The maximum absolute atomic E-state index is 12.8. The number of benzene rings is 1. The van der Waals surface area contributed by atoms with E-state index in [0.717, 1.165) is 5.56 Å². The first-order valence-electron chi connectivity index (χ1n) is 4.71. The second-order valence-corrected chi connectivity index (χ2v) is 3.75. The Balaban J connectivity index is 2.52. The van der Waals surface area contributed by atoms with Crippen molar-refractivity contribution in [2.75, 3.05) is 0 Å². The van der Waals surface area contributed by atoms with Gasteiger partial charge in [-0.2, -0.15) is 0 Å². The summed E-state index contributed by atoms with van der Waals surface area (Å²) in [6.07, 6.45) is 0. The van der Waals surface area contributed by atoms with Crippen molar-refractivity contribution in [2.45, 2.75) is 6.61 Å². The largest absolute Gasteiger partial charge is 0.390 e. The summed E-state index contributed by atoms with van der Waals surface area (Å²) >= 11 is 5.96. The number of nitrogens with zero attached hydrogens (tertiary/aromatic N) is 2. The van der Waals surface area contributed by atoms with Gasteiger partial charge in [-0.1, -0.05) is 11.6 Å². The second-order valence-electron chi connectivity index (χ2n) is 3.40. The summed E-state index contributed by atoms with van der Waals surface area (Å²) in [5.74, 6) is 0.306. The van der Waals surface area contributed by atoms with Crippen LogP contribution in [0.25, 0.3) is 11.4 Å². The fourth-order valence-electron chi connectivity index (χ4n) is 1.49. The predicted octanol–water partition coefficient (Wildman–Crippen LogP) is 2.37. The highest BCUT2D eigenvalue weighted by Gasteiger charge is 2.13. The molecule has 1 heterocycles. The molecule has 84 valence electrons. The lowest BCUT2D eigenvalue weighted by molar-refractivity contribution is 0.277. The molecule has 16 heavy (non-hydrogen) atoms. The quantitative estimate of drug-likeness (QED) is 0.875. The molecule has 0 aliphatic heterocycles. The van der Waals surface area contributed by atoms with Gasteiger partial charge in [0.2, 0.25) is 0 Å². The zero-order valence-electron chi connectivity index (χ0n) is 8.61. The highest BCUT2D eigenvalue weighted by molar-refractivity contribution is 6.30. The van der Waals surface area contributed by atoms with Crippen LogP contribution in [-0.2, 0) is 13.7 Å². The van der Waals surface area contributed by atoms with Crippen LogP contribution < -0.4 is 0 Å². The van der Waals surface area contributed by atoms with Gasteiger partial charge in [0.25, 0.3) is 0 Å². The summed E-state index contributed by atoms with van der Waals surface area (Å²) in [4.78, 5) is 4.19. The lowest BCUT2D eigenvalue weighted by Crippen LogP contribution is -1.92. The van der Waals surface area contributed by atoms with E-state index in [9.17, 15) is 4.39 Å². The van der Waals surface area contributed by atoms with Crippen molar-refractivity contribution in [3.63, 3.8) is 0 Å². The van der Waals surface area contributed by atoms with E-state index < -0.39 is 0 Å². The van der Waals surface area contributed by atoms with E-state index in [2.05, 4.69) is 4.98 Å². The zero-order chi connectivity index (χ0) is 11.7. The van der Waals surface area contributed by atoms with Crippen molar-refractivity contribution < 1.29 is 9.50 Å². The molecule has 0 aliphatic rings. The predicted molar refractivity (Wildman–Crippen MR) is 59.5 cm³/mol. The van der Waals surface area contributed by atoms with Gasteiger partial charge in [-0.15, -0.1) is 0 Å². The first kappa shape index (κ1) is 11.1. The molecule has 1 aromatic heterocycles. The third-order valence-electron chi connectivity index (χ3n) is 2.34. The number of aliphatic hydroxyl groups is 1. The number of imidazole rings is 1. The SMILES string of the molecule is Cn1c(-c2ccc(F)cc2)nc(CO)c1Cl. The molecular weight excluding hydrogens is 231 g/mol. The highest BCUT2D eigenvalue weighted by atomic mass is 35.5. The lowest BCUT2D eigenvalue weighted by atomic mass is 10.2. The molecule has 1 N–H and O–H groups in total. The van der Waals surface area contributed by atoms with Gasteiger partial charge in [0, 0.05) is 12.6 Å². The maximum atomic E-state index is 12.8. The van der Waals surface area contributed by atoms with Gasteiger partial charge in [-0.3, -0.25) is 0 Å². The molecule has 0 bridgehead atoms. The van der Waals surface area contributed by atoms with E-state index >= 15 is 0 Å².